The Kier molecular flexibility index (Phi) is 12.5. The van der Waals surface area contributed by atoms with Crippen molar-refractivity contribution in [3.8, 4) is 5.75 Å². The van der Waals surface area contributed by atoms with Crippen LogP contribution in [0.3, 0.4) is 0 Å². The molecule has 7 atom stereocenters. The number of anilines is 1. The van der Waals surface area contributed by atoms with Crippen LogP contribution in [0.4, 0.5) is 5.69 Å². The molecule has 6 rings (SSSR count). The molecule has 3 aliphatic heterocycles. The van der Waals surface area contributed by atoms with E-state index < -0.39 is 10.7 Å². The standard InChI is InChI=1S/C43H63ClN4O3S/c1-9-11-32-24-36(44)15-16-37(32)35-27-47-26-34-13-17-38(34)43(50-7,29-46-20-22-48(23-21-46)42(4,5)6)19-10-12-30(2)31(3)52(8)45-41(49)33-14-18-40(51-28-35)39(47)25-33/h10,14-16,18-19,24-25,30-31,34-35,38H,8-9,11-13,17,20-23,26-29H2,1-7H3,(H,45,49)/b19-10+. The molecule has 1 N–H and O–H groups in total. The van der Waals surface area contributed by atoms with Crippen LogP contribution in [0.2, 0.25) is 5.02 Å². The highest BCUT2D eigenvalue weighted by atomic mass is 35.5. The quantitative estimate of drug-likeness (QED) is 0.237. The van der Waals surface area contributed by atoms with Gasteiger partial charge in [-0.1, -0.05) is 73.6 Å². The molecule has 2 fully saturated rings. The molecular weight excluding hydrogens is 688 g/mol. The van der Waals surface area contributed by atoms with Crippen molar-refractivity contribution in [3.05, 3.63) is 70.3 Å². The Morgan fingerprint density at radius 1 is 1.08 bits per heavy atom. The number of hydrogen-bond acceptors (Lipinski definition) is 6. The summed E-state index contributed by atoms with van der Waals surface area (Å²) in [5.41, 5.74) is 4.06. The molecule has 52 heavy (non-hydrogen) atoms. The first-order chi connectivity index (χ1) is 24.8. The van der Waals surface area contributed by atoms with E-state index in [0.717, 1.165) is 94.4 Å². The topological polar surface area (TPSA) is 57.3 Å². The molecule has 3 heterocycles. The van der Waals surface area contributed by atoms with Crippen LogP contribution in [0.5, 0.6) is 5.75 Å². The lowest BCUT2D eigenvalue weighted by Crippen LogP contribution is -2.60. The number of fused-ring (bicyclic) bond motifs is 2. The van der Waals surface area contributed by atoms with Crippen molar-refractivity contribution in [1.29, 1.82) is 0 Å². The third-order valence-electron chi connectivity index (χ3n) is 12.6. The van der Waals surface area contributed by atoms with Gasteiger partial charge in [0.2, 0.25) is 0 Å². The summed E-state index contributed by atoms with van der Waals surface area (Å²) in [6.45, 7) is 21.1. The van der Waals surface area contributed by atoms with Gasteiger partial charge in [-0.3, -0.25) is 14.6 Å². The monoisotopic (exact) mass is 750 g/mol. The highest BCUT2D eigenvalue weighted by molar-refractivity contribution is 8.13. The van der Waals surface area contributed by atoms with Gasteiger partial charge in [0.15, 0.2) is 0 Å². The van der Waals surface area contributed by atoms with Crippen LogP contribution in [-0.4, -0.2) is 97.5 Å². The average molecular weight is 752 g/mol. The van der Waals surface area contributed by atoms with Crippen LogP contribution < -0.4 is 14.4 Å². The predicted molar refractivity (Wildman–Crippen MR) is 221 cm³/mol. The highest BCUT2D eigenvalue weighted by Crippen LogP contribution is 2.47. The number of benzene rings is 2. The normalized spacial score (nSPS) is 31.5. The minimum absolute atomic E-state index is 0.0713. The number of allylic oxidation sites excluding steroid dienone is 1. The molecule has 1 saturated carbocycles. The number of ether oxygens (including phenoxy) is 2. The predicted octanol–water partition coefficient (Wildman–Crippen LogP) is 8.43. The van der Waals surface area contributed by atoms with Gasteiger partial charge in [-0.25, -0.2) is 0 Å². The minimum Gasteiger partial charge on any atom is -0.491 e. The van der Waals surface area contributed by atoms with Crippen molar-refractivity contribution in [2.24, 2.45) is 17.8 Å². The van der Waals surface area contributed by atoms with Crippen molar-refractivity contribution in [3.63, 3.8) is 0 Å². The Morgan fingerprint density at radius 3 is 2.52 bits per heavy atom. The van der Waals surface area contributed by atoms with Gasteiger partial charge in [0.25, 0.3) is 5.91 Å². The van der Waals surface area contributed by atoms with E-state index in [1.165, 1.54) is 11.1 Å². The molecule has 9 heteroatoms. The SMILES string of the molecule is C=S1NC(=O)c2ccc3c(c2)N(CC(c2ccc(Cl)cc2CCC)CO3)CC2CCC2C(CN2CCN(C(C)(C)C)CC2)(OC)/C=C/CC(C)C1C. The fourth-order valence-electron chi connectivity index (χ4n) is 8.90. The Morgan fingerprint density at radius 2 is 1.85 bits per heavy atom. The number of methoxy groups -OCH3 is 1. The second kappa shape index (κ2) is 16.6. The van der Waals surface area contributed by atoms with Crippen molar-refractivity contribution in [2.75, 3.05) is 64.4 Å². The number of carbonyl (C=O) groups excluding carboxylic acids is 1. The fraction of sp³-hybridized carbons (Fsp3) is 0.628. The molecule has 1 saturated heterocycles. The molecule has 7 nitrogen and oxygen atoms in total. The molecule has 1 aliphatic carbocycles. The maximum atomic E-state index is 13.7. The van der Waals surface area contributed by atoms with Crippen molar-refractivity contribution in [2.45, 2.75) is 96.0 Å². The van der Waals surface area contributed by atoms with Gasteiger partial charge >= 0.3 is 0 Å². The summed E-state index contributed by atoms with van der Waals surface area (Å²) in [6, 6.07) is 12.3. The fourth-order valence-corrected chi connectivity index (χ4v) is 10.3. The minimum atomic E-state index is -0.542. The molecule has 2 aromatic carbocycles. The summed E-state index contributed by atoms with van der Waals surface area (Å²) in [5.74, 6) is 6.53. The van der Waals surface area contributed by atoms with Gasteiger partial charge in [-0.2, -0.15) is 0 Å². The Hall–Kier alpha value is -2.36. The van der Waals surface area contributed by atoms with E-state index >= 15 is 0 Å². The van der Waals surface area contributed by atoms with Crippen molar-refractivity contribution in [1.82, 2.24) is 14.5 Å². The van der Waals surface area contributed by atoms with Crippen LogP contribution in [-0.2, 0) is 11.2 Å². The summed E-state index contributed by atoms with van der Waals surface area (Å²) in [4.78, 5) is 21.5. The lowest BCUT2D eigenvalue weighted by Gasteiger charge is -2.52. The summed E-state index contributed by atoms with van der Waals surface area (Å²) >= 11 is 6.52. The number of piperazine rings is 1. The third-order valence-corrected chi connectivity index (χ3v) is 14.6. The van der Waals surface area contributed by atoms with E-state index in [4.69, 9.17) is 21.1 Å². The van der Waals surface area contributed by atoms with Gasteiger partial charge < -0.3 is 19.1 Å². The van der Waals surface area contributed by atoms with E-state index in [2.05, 4.69) is 97.2 Å². The Bertz CT molecular complexity index is 1620. The molecule has 2 aromatic rings. The summed E-state index contributed by atoms with van der Waals surface area (Å²) in [7, 11) is 1.39. The van der Waals surface area contributed by atoms with Gasteiger partial charge in [0.1, 0.15) is 11.4 Å². The molecule has 7 unspecified atom stereocenters. The van der Waals surface area contributed by atoms with Crippen LogP contribution in [0.25, 0.3) is 0 Å². The van der Waals surface area contributed by atoms with Gasteiger partial charge in [-0.05, 0) is 106 Å². The molecule has 2 bridgehead atoms. The maximum Gasteiger partial charge on any atom is 0.260 e. The summed E-state index contributed by atoms with van der Waals surface area (Å²) in [5, 5.41) is 0.999. The van der Waals surface area contributed by atoms with Gasteiger partial charge in [0, 0.05) is 80.2 Å². The number of nitrogens with one attached hydrogen (secondary N) is 1. The summed E-state index contributed by atoms with van der Waals surface area (Å²) < 4.78 is 16.7. The molecule has 0 radical (unpaired) electrons. The smallest absolute Gasteiger partial charge is 0.260 e. The van der Waals surface area contributed by atoms with E-state index in [9.17, 15) is 4.79 Å². The molecule has 1 amide bonds. The van der Waals surface area contributed by atoms with Crippen LogP contribution >= 0.6 is 22.3 Å². The third kappa shape index (κ3) is 8.62. The van der Waals surface area contributed by atoms with Crippen molar-refractivity contribution >= 4 is 39.7 Å². The Labute approximate surface area is 321 Å². The van der Waals surface area contributed by atoms with Gasteiger partial charge in [-0.15, -0.1) is 0 Å². The molecule has 0 aromatic heterocycles. The summed E-state index contributed by atoms with van der Waals surface area (Å²) in [6.07, 6.45) is 10.0. The lowest BCUT2D eigenvalue weighted by atomic mass is 9.63. The van der Waals surface area contributed by atoms with E-state index in [1.54, 1.807) is 0 Å². The first-order valence-corrected chi connectivity index (χ1v) is 21.5. The number of hydrogen-bond donors (Lipinski definition) is 1. The van der Waals surface area contributed by atoms with Gasteiger partial charge in [0.05, 0.1) is 12.3 Å². The van der Waals surface area contributed by atoms with Crippen molar-refractivity contribution < 1.29 is 14.3 Å². The van der Waals surface area contributed by atoms with E-state index in [0.29, 0.717) is 29.9 Å². The zero-order chi connectivity index (χ0) is 37.2. The van der Waals surface area contributed by atoms with Crippen LogP contribution in [0.15, 0.2) is 48.6 Å². The zero-order valence-electron chi connectivity index (χ0n) is 32.8. The number of carbonyl (C=O) groups is 1. The second-order valence-electron chi connectivity index (χ2n) is 16.9. The molecule has 0 spiro atoms. The maximum absolute atomic E-state index is 13.7. The van der Waals surface area contributed by atoms with E-state index in [-0.39, 0.29) is 28.2 Å². The van der Waals surface area contributed by atoms with Crippen LogP contribution in [0, 0.1) is 17.8 Å². The number of aryl methyl sites for hydroxylation is 1. The molecule has 286 valence electrons. The number of halogens is 1. The lowest BCUT2D eigenvalue weighted by molar-refractivity contribution is -0.0974. The number of rotatable bonds is 6. The Balaban J connectivity index is 1.37. The number of nitrogens with zero attached hydrogens (tertiary/aromatic N) is 3. The van der Waals surface area contributed by atoms with Crippen LogP contribution in [0.1, 0.15) is 94.6 Å². The average Bonchev–Trinajstić information content (AvgIpc) is 3.28. The molecular formula is C43H63ClN4O3S. The zero-order valence-corrected chi connectivity index (χ0v) is 34.3. The van der Waals surface area contributed by atoms with E-state index in [1.807, 2.05) is 25.3 Å². The molecule has 4 aliphatic rings. The highest BCUT2D eigenvalue weighted by Gasteiger charge is 2.48. The number of amides is 1. The largest absolute Gasteiger partial charge is 0.491 e. The second-order valence-corrected chi connectivity index (χ2v) is 19.1. The first-order valence-electron chi connectivity index (χ1n) is 19.7. The first kappa shape index (κ1) is 39.3.